The Morgan fingerprint density at radius 1 is 1.04 bits per heavy atom. The van der Waals surface area contributed by atoms with Gasteiger partial charge in [0.1, 0.15) is 23.8 Å². The summed E-state index contributed by atoms with van der Waals surface area (Å²) in [6.45, 7) is 5.88. The van der Waals surface area contributed by atoms with Crippen molar-refractivity contribution in [2.24, 2.45) is 0 Å². The van der Waals surface area contributed by atoms with Crippen LogP contribution in [0.4, 0.5) is 11.4 Å². The molecule has 0 aliphatic heterocycles. The number of ether oxygens (including phenoxy) is 1. The van der Waals surface area contributed by atoms with Crippen LogP contribution in [0.25, 0.3) is 0 Å². The molecule has 144 valence electrons. The molecule has 3 rings (SSSR count). The Bertz CT molecular complexity index is 1020. The van der Waals surface area contributed by atoms with Gasteiger partial charge in [0.15, 0.2) is 5.76 Å². The lowest BCUT2D eigenvalue weighted by atomic mass is 10.1. The number of hydrogen-bond donors (Lipinski definition) is 1. The third-order valence-electron chi connectivity index (χ3n) is 4.06. The fraction of sp³-hybridized carbons (Fsp3) is 0.190. The standard InChI is InChI=1S/C21H20N2O5/c1-13-4-6-18(19(11-13)23(25)26)22-21(24)20-7-5-16(28-20)12-27-17-9-14(2)8-15(3)10-17/h4-11H,12H2,1-3H3,(H,22,24). The van der Waals surface area contributed by atoms with E-state index in [-0.39, 0.29) is 23.7 Å². The molecule has 0 bridgehead atoms. The zero-order valence-electron chi connectivity index (χ0n) is 15.8. The molecule has 0 spiro atoms. The quantitative estimate of drug-likeness (QED) is 0.482. The third kappa shape index (κ3) is 4.56. The van der Waals surface area contributed by atoms with Gasteiger partial charge in [0.2, 0.25) is 0 Å². The van der Waals surface area contributed by atoms with E-state index in [0.29, 0.717) is 5.76 Å². The van der Waals surface area contributed by atoms with Crippen LogP contribution >= 0.6 is 0 Å². The Kier molecular flexibility index (Phi) is 5.44. The molecule has 0 aliphatic carbocycles. The van der Waals surface area contributed by atoms with E-state index in [0.717, 1.165) is 22.4 Å². The van der Waals surface area contributed by atoms with Gasteiger partial charge in [-0.15, -0.1) is 0 Å². The van der Waals surface area contributed by atoms with Gasteiger partial charge in [-0.05, 0) is 67.8 Å². The van der Waals surface area contributed by atoms with Gasteiger partial charge in [0.05, 0.1) is 4.92 Å². The molecular weight excluding hydrogens is 360 g/mol. The van der Waals surface area contributed by atoms with Crippen molar-refractivity contribution >= 4 is 17.3 Å². The van der Waals surface area contributed by atoms with Crippen LogP contribution in [0.3, 0.4) is 0 Å². The normalized spacial score (nSPS) is 10.5. The summed E-state index contributed by atoms with van der Waals surface area (Å²) in [5.41, 5.74) is 2.86. The number of benzene rings is 2. The number of nitrogens with zero attached hydrogens (tertiary/aromatic N) is 1. The average molecular weight is 380 g/mol. The second-order valence-corrected chi connectivity index (χ2v) is 6.61. The molecule has 0 unspecified atom stereocenters. The van der Waals surface area contributed by atoms with Gasteiger partial charge in [0, 0.05) is 6.07 Å². The second-order valence-electron chi connectivity index (χ2n) is 6.61. The van der Waals surface area contributed by atoms with Crippen LogP contribution in [0.15, 0.2) is 52.9 Å². The van der Waals surface area contributed by atoms with E-state index in [1.807, 2.05) is 32.0 Å². The summed E-state index contributed by atoms with van der Waals surface area (Å²) in [5, 5.41) is 13.7. The number of anilines is 1. The Balaban J connectivity index is 1.68. The Morgan fingerprint density at radius 2 is 1.75 bits per heavy atom. The highest BCUT2D eigenvalue weighted by Gasteiger charge is 2.19. The van der Waals surface area contributed by atoms with Crippen molar-refractivity contribution in [1.29, 1.82) is 0 Å². The largest absolute Gasteiger partial charge is 0.486 e. The summed E-state index contributed by atoms with van der Waals surface area (Å²) in [6, 6.07) is 13.6. The first-order chi connectivity index (χ1) is 13.3. The van der Waals surface area contributed by atoms with Crippen LogP contribution in [0.5, 0.6) is 5.75 Å². The first-order valence-electron chi connectivity index (χ1n) is 8.68. The maximum Gasteiger partial charge on any atom is 0.293 e. The van der Waals surface area contributed by atoms with Gasteiger partial charge in [-0.1, -0.05) is 12.1 Å². The molecule has 3 aromatic rings. The zero-order chi connectivity index (χ0) is 20.3. The first-order valence-corrected chi connectivity index (χ1v) is 8.68. The summed E-state index contributed by atoms with van der Waals surface area (Å²) in [7, 11) is 0. The number of carbonyl (C=O) groups is 1. The lowest BCUT2D eigenvalue weighted by Crippen LogP contribution is -2.12. The lowest BCUT2D eigenvalue weighted by molar-refractivity contribution is -0.384. The zero-order valence-corrected chi connectivity index (χ0v) is 15.8. The highest BCUT2D eigenvalue weighted by Crippen LogP contribution is 2.26. The molecule has 0 aliphatic rings. The molecule has 1 N–H and O–H groups in total. The monoisotopic (exact) mass is 380 g/mol. The number of nitro groups is 1. The van der Waals surface area contributed by atoms with E-state index >= 15 is 0 Å². The molecule has 0 atom stereocenters. The first kappa shape index (κ1) is 19.2. The molecule has 0 fully saturated rings. The van der Waals surface area contributed by atoms with Crippen molar-refractivity contribution in [2.45, 2.75) is 27.4 Å². The fourth-order valence-electron chi connectivity index (χ4n) is 2.83. The topological polar surface area (TPSA) is 94.6 Å². The number of rotatable bonds is 6. The summed E-state index contributed by atoms with van der Waals surface area (Å²) in [4.78, 5) is 23.0. The van der Waals surface area contributed by atoms with Crippen molar-refractivity contribution in [2.75, 3.05) is 5.32 Å². The van der Waals surface area contributed by atoms with Crippen molar-refractivity contribution in [3.63, 3.8) is 0 Å². The predicted octanol–water partition coefficient (Wildman–Crippen LogP) is 4.94. The predicted molar refractivity (Wildman–Crippen MR) is 105 cm³/mol. The van der Waals surface area contributed by atoms with Gasteiger partial charge in [-0.25, -0.2) is 0 Å². The molecular formula is C21H20N2O5. The average Bonchev–Trinajstić information content (AvgIpc) is 3.09. The molecule has 7 nitrogen and oxygen atoms in total. The van der Waals surface area contributed by atoms with Crippen molar-refractivity contribution in [3.05, 3.63) is 86.9 Å². The molecule has 1 heterocycles. The SMILES string of the molecule is Cc1cc(C)cc(OCc2ccc(C(=O)Nc3ccc(C)cc3[N+](=O)[O-])o2)c1. The number of nitrogens with one attached hydrogen (secondary N) is 1. The summed E-state index contributed by atoms with van der Waals surface area (Å²) >= 11 is 0. The van der Waals surface area contributed by atoms with Gasteiger partial charge in [-0.2, -0.15) is 0 Å². The van der Waals surface area contributed by atoms with Crippen LogP contribution in [-0.2, 0) is 6.61 Å². The van der Waals surface area contributed by atoms with Crippen molar-refractivity contribution in [1.82, 2.24) is 0 Å². The van der Waals surface area contributed by atoms with Gasteiger partial charge in [-0.3, -0.25) is 14.9 Å². The fourth-order valence-corrected chi connectivity index (χ4v) is 2.83. The molecule has 0 saturated carbocycles. The number of nitro benzene ring substituents is 1. The van der Waals surface area contributed by atoms with Gasteiger partial charge in [0.25, 0.3) is 11.6 Å². The number of amides is 1. The highest BCUT2D eigenvalue weighted by atomic mass is 16.6. The van der Waals surface area contributed by atoms with Crippen LogP contribution in [0.1, 0.15) is 33.0 Å². The molecule has 1 aromatic heterocycles. The second kappa shape index (κ2) is 7.96. The number of carbonyl (C=O) groups excluding carboxylic acids is 1. The van der Waals surface area contributed by atoms with E-state index in [2.05, 4.69) is 5.32 Å². The number of hydrogen-bond acceptors (Lipinski definition) is 5. The molecule has 0 radical (unpaired) electrons. The molecule has 1 amide bonds. The minimum absolute atomic E-state index is 0.0499. The lowest BCUT2D eigenvalue weighted by Gasteiger charge is -2.07. The smallest absolute Gasteiger partial charge is 0.293 e. The van der Waals surface area contributed by atoms with Crippen molar-refractivity contribution < 1.29 is 18.9 Å². The molecule has 28 heavy (non-hydrogen) atoms. The van der Waals surface area contributed by atoms with Gasteiger partial charge < -0.3 is 14.5 Å². The minimum Gasteiger partial charge on any atom is -0.486 e. The van der Waals surface area contributed by atoms with Crippen LogP contribution in [-0.4, -0.2) is 10.8 Å². The van der Waals surface area contributed by atoms with Gasteiger partial charge >= 0.3 is 0 Å². The van der Waals surface area contributed by atoms with E-state index < -0.39 is 10.8 Å². The maximum atomic E-state index is 12.4. The highest BCUT2D eigenvalue weighted by molar-refractivity contribution is 6.03. The van der Waals surface area contributed by atoms with Crippen LogP contribution in [0.2, 0.25) is 0 Å². The summed E-state index contributed by atoms with van der Waals surface area (Å²) < 4.78 is 11.2. The van der Waals surface area contributed by atoms with E-state index in [9.17, 15) is 14.9 Å². The summed E-state index contributed by atoms with van der Waals surface area (Å²) in [6.07, 6.45) is 0. The van der Waals surface area contributed by atoms with E-state index in [4.69, 9.17) is 9.15 Å². The van der Waals surface area contributed by atoms with E-state index in [1.54, 1.807) is 19.1 Å². The Hall–Kier alpha value is -3.61. The van der Waals surface area contributed by atoms with Crippen LogP contribution in [0, 0.1) is 30.9 Å². The molecule has 0 saturated heterocycles. The minimum atomic E-state index is -0.565. The Labute approximate surface area is 162 Å². The molecule has 7 heteroatoms. The Morgan fingerprint density at radius 3 is 2.43 bits per heavy atom. The third-order valence-corrected chi connectivity index (χ3v) is 4.06. The maximum absolute atomic E-state index is 12.4. The number of aryl methyl sites for hydroxylation is 3. The van der Waals surface area contributed by atoms with E-state index in [1.165, 1.54) is 18.2 Å². The number of furan rings is 1. The van der Waals surface area contributed by atoms with Crippen LogP contribution < -0.4 is 10.1 Å². The van der Waals surface area contributed by atoms with Crippen molar-refractivity contribution in [3.8, 4) is 5.75 Å². The summed E-state index contributed by atoms with van der Waals surface area (Å²) in [5.74, 6) is 0.677. The molecule has 2 aromatic carbocycles.